The van der Waals surface area contributed by atoms with Crippen molar-refractivity contribution in [1.82, 2.24) is 5.32 Å². The molecule has 1 aliphatic carbocycles. The van der Waals surface area contributed by atoms with Gasteiger partial charge in [-0.2, -0.15) is 0 Å². The molecule has 1 aromatic rings. The van der Waals surface area contributed by atoms with Gasteiger partial charge in [0.05, 0.1) is 6.10 Å². The van der Waals surface area contributed by atoms with Crippen LogP contribution in [0.1, 0.15) is 43.9 Å². The Bertz CT molecular complexity index is 392. The number of fused-ring (bicyclic) bond motifs is 1. The molecule has 2 nitrogen and oxygen atoms in total. The molecule has 0 bridgehead atoms. The zero-order valence-electron chi connectivity index (χ0n) is 10.4. The van der Waals surface area contributed by atoms with Crippen molar-refractivity contribution in [2.75, 3.05) is 0 Å². The quantitative estimate of drug-likeness (QED) is 0.864. The SMILES string of the molecule is CC(O)CC(C)NC1CCc2cc(Cl)ccc21. The minimum absolute atomic E-state index is 0.247. The molecule has 0 radical (unpaired) electrons. The fourth-order valence-corrected chi connectivity index (χ4v) is 2.88. The van der Waals surface area contributed by atoms with E-state index in [-0.39, 0.29) is 6.10 Å². The van der Waals surface area contributed by atoms with Crippen LogP contribution in [0.4, 0.5) is 0 Å². The van der Waals surface area contributed by atoms with Crippen LogP contribution in [-0.4, -0.2) is 17.3 Å². The van der Waals surface area contributed by atoms with Crippen molar-refractivity contribution >= 4 is 11.6 Å². The zero-order valence-corrected chi connectivity index (χ0v) is 11.2. The van der Waals surface area contributed by atoms with E-state index in [0.29, 0.717) is 12.1 Å². The number of nitrogens with one attached hydrogen (secondary N) is 1. The lowest BCUT2D eigenvalue weighted by molar-refractivity contribution is 0.168. The molecule has 0 fully saturated rings. The lowest BCUT2D eigenvalue weighted by Crippen LogP contribution is -2.31. The maximum atomic E-state index is 9.37. The van der Waals surface area contributed by atoms with Crippen LogP contribution in [-0.2, 0) is 6.42 Å². The minimum Gasteiger partial charge on any atom is -0.393 e. The lowest BCUT2D eigenvalue weighted by atomic mass is 10.1. The van der Waals surface area contributed by atoms with E-state index < -0.39 is 0 Å². The van der Waals surface area contributed by atoms with Crippen LogP contribution in [0.3, 0.4) is 0 Å². The molecule has 2 N–H and O–H groups in total. The van der Waals surface area contributed by atoms with E-state index in [2.05, 4.69) is 24.4 Å². The summed E-state index contributed by atoms with van der Waals surface area (Å²) in [6.07, 6.45) is 2.76. The van der Waals surface area contributed by atoms with E-state index in [1.165, 1.54) is 11.1 Å². The summed E-state index contributed by atoms with van der Waals surface area (Å²) in [4.78, 5) is 0. The van der Waals surface area contributed by atoms with Crippen molar-refractivity contribution in [2.24, 2.45) is 0 Å². The fourth-order valence-electron chi connectivity index (χ4n) is 2.68. The largest absolute Gasteiger partial charge is 0.393 e. The molecule has 0 saturated carbocycles. The van der Waals surface area contributed by atoms with E-state index in [9.17, 15) is 5.11 Å². The third kappa shape index (κ3) is 3.21. The summed E-state index contributed by atoms with van der Waals surface area (Å²) in [5.41, 5.74) is 2.73. The molecule has 1 aromatic carbocycles. The van der Waals surface area contributed by atoms with Gasteiger partial charge in [-0.05, 0) is 56.4 Å². The van der Waals surface area contributed by atoms with Gasteiger partial charge < -0.3 is 10.4 Å². The van der Waals surface area contributed by atoms with E-state index in [4.69, 9.17) is 11.6 Å². The summed E-state index contributed by atoms with van der Waals surface area (Å²) < 4.78 is 0. The number of hydrogen-bond acceptors (Lipinski definition) is 2. The molecule has 0 heterocycles. The lowest BCUT2D eigenvalue weighted by Gasteiger charge is -2.21. The monoisotopic (exact) mass is 253 g/mol. The number of halogens is 1. The molecule has 17 heavy (non-hydrogen) atoms. The predicted octanol–water partition coefficient (Wildman–Crippen LogP) is 3.08. The van der Waals surface area contributed by atoms with Crippen molar-refractivity contribution in [3.63, 3.8) is 0 Å². The van der Waals surface area contributed by atoms with E-state index in [1.807, 2.05) is 13.0 Å². The zero-order chi connectivity index (χ0) is 12.4. The molecule has 2 rings (SSSR count). The van der Waals surface area contributed by atoms with E-state index in [1.54, 1.807) is 0 Å². The molecule has 0 amide bonds. The highest BCUT2D eigenvalue weighted by Crippen LogP contribution is 2.33. The second-order valence-electron chi connectivity index (χ2n) is 5.09. The highest BCUT2D eigenvalue weighted by atomic mass is 35.5. The summed E-state index contributed by atoms with van der Waals surface area (Å²) in [6.45, 7) is 3.96. The highest BCUT2D eigenvalue weighted by molar-refractivity contribution is 6.30. The van der Waals surface area contributed by atoms with Gasteiger partial charge in [-0.1, -0.05) is 17.7 Å². The van der Waals surface area contributed by atoms with Gasteiger partial charge in [0.25, 0.3) is 0 Å². The van der Waals surface area contributed by atoms with Gasteiger partial charge in [0.2, 0.25) is 0 Å². The Morgan fingerprint density at radius 3 is 2.94 bits per heavy atom. The Hall–Kier alpha value is -0.570. The molecule has 0 spiro atoms. The first kappa shape index (κ1) is 12.9. The molecule has 0 aromatic heterocycles. The van der Waals surface area contributed by atoms with Crippen molar-refractivity contribution < 1.29 is 5.11 Å². The fraction of sp³-hybridized carbons (Fsp3) is 0.571. The third-order valence-electron chi connectivity index (χ3n) is 3.36. The molecule has 3 atom stereocenters. The molecular weight excluding hydrogens is 234 g/mol. The van der Waals surface area contributed by atoms with Gasteiger partial charge >= 0.3 is 0 Å². The summed E-state index contributed by atoms with van der Waals surface area (Å²) in [7, 11) is 0. The van der Waals surface area contributed by atoms with Crippen LogP contribution < -0.4 is 5.32 Å². The van der Waals surface area contributed by atoms with Crippen LogP contribution in [0.5, 0.6) is 0 Å². The van der Waals surface area contributed by atoms with E-state index >= 15 is 0 Å². The van der Waals surface area contributed by atoms with Crippen LogP contribution in [0, 0.1) is 0 Å². The first-order valence-electron chi connectivity index (χ1n) is 6.28. The number of aryl methyl sites for hydroxylation is 1. The van der Waals surface area contributed by atoms with Gasteiger partial charge in [-0.25, -0.2) is 0 Å². The van der Waals surface area contributed by atoms with Gasteiger partial charge in [-0.3, -0.25) is 0 Å². The molecule has 3 heteroatoms. The Kier molecular flexibility index (Phi) is 4.08. The predicted molar refractivity (Wildman–Crippen MR) is 71.4 cm³/mol. The second-order valence-corrected chi connectivity index (χ2v) is 5.52. The molecule has 0 aliphatic heterocycles. The average Bonchev–Trinajstić information content (AvgIpc) is 2.59. The molecule has 94 valence electrons. The standard InChI is InChI=1S/C14H20ClNO/c1-9(7-10(2)17)16-14-6-3-11-8-12(15)4-5-13(11)14/h4-5,8-10,14,16-17H,3,6-7H2,1-2H3. The highest BCUT2D eigenvalue weighted by Gasteiger charge is 2.23. The first-order valence-corrected chi connectivity index (χ1v) is 6.66. The maximum absolute atomic E-state index is 9.37. The van der Waals surface area contributed by atoms with Gasteiger partial charge in [0, 0.05) is 17.1 Å². The van der Waals surface area contributed by atoms with Gasteiger partial charge in [-0.15, -0.1) is 0 Å². The topological polar surface area (TPSA) is 32.3 Å². The molecule has 1 aliphatic rings. The minimum atomic E-state index is -0.247. The van der Waals surface area contributed by atoms with Crippen LogP contribution in [0.25, 0.3) is 0 Å². The smallest absolute Gasteiger partial charge is 0.0526 e. The van der Waals surface area contributed by atoms with Crippen LogP contribution >= 0.6 is 11.6 Å². The van der Waals surface area contributed by atoms with Crippen molar-refractivity contribution in [3.05, 3.63) is 34.3 Å². The summed E-state index contributed by atoms with van der Waals surface area (Å²) in [5, 5.41) is 13.8. The Labute approximate surface area is 108 Å². The van der Waals surface area contributed by atoms with Crippen molar-refractivity contribution in [3.8, 4) is 0 Å². The molecular formula is C14H20ClNO. The number of aliphatic hydroxyl groups excluding tert-OH is 1. The van der Waals surface area contributed by atoms with Crippen molar-refractivity contribution in [1.29, 1.82) is 0 Å². The third-order valence-corrected chi connectivity index (χ3v) is 3.60. The number of benzene rings is 1. The average molecular weight is 254 g/mol. The molecule has 3 unspecified atom stereocenters. The first-order chi connectivity index (χ1) is 8.06. The number of aliphatic hydroxyl groups is 1. The number of hydrogen-bond donors (Lipinski definition) is 2. The van der Waals surface area contributed by atoms with Crippen molar-refractivity contribution in [2.45, 2.75) is 51.3 Å². The normalized spacial score (nSPS) is 22.2. The number of rotatable bonds is 4. The molecule has 0 saturated heterocycles. The van der Waals surface area contributed by atoms with Crippen LogP contribution in [0.2, 0.25) is 5.02 Å². The van der Waals surface area contributed by atoms with Crippen LogP contribution in [0.15, 0.2) is 18.2 Å². The Morgan fingerprint density at radius 1 is 1.47 bits per heavy atom. The van der Waals surface area contributed by atoms with Gasteiger partial charge in [0.15, 0.2) is 0 Å². The summed E-state index contributed by atoms with van der Waals surface area (Å²) in [6, 6.07) is 6.90. The Balaban J connectivity index is 2.02. The summed E-state index contributed by atoms with van der Waals surface area (Å²) >= 11 is 5.99. The van der Waals surface area contributed by atoms with Gasteiger partial charge in [0.1, 0.15) is 0 Å². The maximum Gasteiger partial charge on any atom is 0.0526 e. The second kappa shape index (κ2) is 5.38. The van der Waals surface area contributed by atoms with E-state index in [0.717, 1.165) is 24.3 Å². The summed E-state index contributed by atoms with van der Waals surface area (Å²) in [5.74, 6) is 0. The Morgan fingerprint density at radius 2 is 2.24 bits per heavy atom.